The van der Waals surface area contributed by atoms with Crippen molar-refractivity contribution in [2.24, 2.45) is 11.3 Å². The molecule has 3 rings (SSSR count). The van der Waals surface area contributed by atoms with Gasteiger partial charge in [0.1, 0.15) is 5.76 Å². The topological polar surface area (TPSA) is 71.8 Å². The van der Waals surface area contributed by atoms with Crippen molar-refractivity contribution in [3.05, 3.63) is 23.7 Å². The second-order valence-electron chi connectivity index (χ2n) is 6.27. The molecule has 0 unspecified atom stereocenters. The van der Waals surface area contributed by atoms with Crippen molar-refractivity contribution in [2.75, 3.05) is 33.4 Å². The zero-order valence-corrected chi connectivity index (χ0v) is 13.1. The second kappa shape index (κ2) is 5.76. The van der Waals surface area contributed by atoms with Gasteiger partial charge in [0, 0.05) is 32.2 Å². The highest BCUT2D eigenvalue weighted by atomic mass is 16.5. The van der Waals surface area contributed by atoms with E-state index in [2.05, 4.69) is 5.32 Å². The fourth-order valence-corrected chi connectivity index (χ4v) is 3.66. The van der Waals surface area contributed by atoms with Gasteiger partial charge in [0.15, 0.2) is 0 Å². The highest BCUT2D eigenvalue weighted by Gasteiger charge is 2.50. The van der Waals surface area contributed by atoms with Crippen LogP contribution >= 0.6 is 0 Å². The Labute approximate surface area is 129 Å². The fraction of sp³-hybridized carbons (Fsp3) is 0.625. The number of aryl methyl sites for hydroxylation is 1. The van der Waals surface area contributed by atoms with Crippen LogP contribution in [0.15, 0.2) is 16.7 Å². The Balaban J connectivity index is 1.69. The molecule has 0 saturated carbocycles. The number of carbonyl (C=O) groups is 2. The van der Waals surface area contributed by atoms with Gasteiger partial charge in [0.25, 0.3) is 5.91 Å². The van der Waals surface area contributed by atoms with Crippen molar-refractivity contribution in [1.82, 2.24) is 10.2 Å². The highest BCUT2D eigenvalue weighted by Crippen LogP contribution is 2.42. The minimum Gasteiger partial charge on any atom is -0.469 e. The van der Waals surface area contributed by atoms with Crippen LogP contribution in [0.5, 0.6) is 0 Å². The van der Waals surface area contributed by atoms with Gasteiger partial charge in [0.2, 0.25) is 5.91 Å². The number of nitrogens with one attached hydrogen (secondary N) is 1. The smallest absolute Gasteiger partial charge is 0.257 e. The summed E-state index contributed by atoms with van der Waals surface area (Å²) in [7, 11) is 1.62. The first-order valence-electron chi connectivity index (χ1n) is 7.67. The molecule has 1 spiro atoms. The third kappa shape index (κ3) is 2.41. The van der Waals surface area contributed by atoms with Crippen molar-refractivity contribution in [3.8, 4) is 0 Å². The number of furan rings is 1. The predicted molar refractivity (Wildman–Crippen MR) is 79.4 cm³/mol. The summed E-state index contributed by atoms with van der Waals surface area (Å²) in [6.45, 7) is 4.26. The van der Waals surface area contributed by atoms with Gasteiger partial charge in [-0.05, 0) is 25.8 Å². The molecule has 0 aromatic carbocycles. The van der Waals surface area contributed by atoms with E-state index in [4.69, 9.17) is 9.15 Å². The van der Waals surface area contributed by atoms with Gasteiger partial charge in [0.05, 0.1) is 24.4 Å². The number of likely N-dealkylation sites (tertiary alicyclic amines) is 1. The number of ether oxygens (including phenoxy) is 1. The van der Waals surface area contributed by atoms with Crippen LogP contribution in [-0.2, 0) is 9.53 Å². The molecule has 1 aromatic heterocycles. The van der Waals surface area contributed by atoms with Crippen LogP contribution in [0, 0.1) is 18.3 Å². The Morgan fingerprint density at radius 2 is 2.23 bits per heavy atom. The van der Waals surface area contributed by atoms with E-state index in [1.54, 1.807) is 26.4 Å². The summed E-state index contributed by atoms with van der Waals surface area (Å²) in [4.78, 5) is 26.4. The third-order valence-electron chi connectivity index (χ3n) is 5.14. The lowest BCUT2D eigenvalue weighted by Gasteiger charge is -2.41. The van der Waals surface area contributed by atoms with Crippen LogP contribution in [0.1, 0.15) is 29.0 Å². The minimum absolute atomic E-state index is 0.0154. The molecular weight excluding hydrogens is 284 g/mol. The summed E-state index contributed by atoms with van der Waals surface area (Å²) in [5, 5.41) is 2.96. The molecule has 6 nitrogen and oxygen atoms in total. The van der Waals surface area contributed by atoms with E-state index in [0.29, 0.717) is 37.6 Å². The number of piperidine rings is 1. The second-order valence-corrected chi connectivity index (χ2v) is 6.27. The van der Waals surface area contributed by atoms with E-state index in [1.807, 2.05) is 4.90 Å². The summed E-state index contributed by atoms with van der Waals surface area (Å²) in [5.74, 6) is 0.639. The summed E-state index contributed by atoms with van der Waals surface area (Å²) in [5.41, 5.74) is 0.556. The molecule has 1 aromatic rings. The van der Waals surface area contributed by atoms with E-state index < -0.39 is 0 Å². The average Bonchev–Trinajstić information content (AvgIpc) is 3.07. The molecule has 22 heavy (non-hydrogen) atoms. The van der Waals surface area contributed by atoms with Crippen LogP contribution in [0.2, 0.25) is 0 Å². The first-order valence-corrected chi connectivity index (χ1v) is 7.67. The number of hydrogen-bond acceptors (Lipinski definition) is 4. The first-order chi connectivity index (χ1) is 10.6. The van der Waals surface area contributed by atoms with E-state index in [1.165, 1.54) is 0 Å². The molecule has 3 heterocycles. The van der Waals surface area contributed by atoms with Crippen LogP contribution in [-0.4, -0.2) is 50.1 Å². The van der Waals surface area contributed by atoms with Crippen molar-refractivity contribution in [1.29, 1.82) is 0 Å². The molecule has 120 valence electrons. The molecule has 1 atom stereocenters. The molecule has 2 saturated heterocycles. The number of nitrogens with zero attached hydrogens (tertiary/aromatic N) is 1. The maximum Gasteiger partial charge on any atom is 0.257 e. The van der Waals surface area contributed by atoms with E-state index in [9.17, 15) is 9.59 Å². The first kappa shape index (κ1) is 15.1. The van der Waals surface area contributed by atoms with Crippen LogP contribution < -0.4 is 5.32 Å². The zero-order chi connectivity index (χ0) is 15.7. The van der Waals surface area contributed by atoms with Crippen molar-refractivity contribution in [3.63, 3.8) is 0 Å². The van der Waals surface area contributed by atoms with Crippen molar-refractivity contribution < 1.29 is 18.7 Å². The van der Waals surface area contributed by atoms with Crippen molar-refractivity contribution >= 4 is 11.8 Å². The maximum absolute atomic E-state index is 12.5. The predicted octanol–water partition coefficient (Wildman–Crippen LogP) is 1.20. The third-order valence-corrected chi connectivity index (χ3v) is 5.14. The van der Waals surface area contributed by atoms with Crippen LogP contribution in [0.3, 0.4) is 0 Å². The van der Waals surface area contributed by atoms with E-state index in [0.717, 1.165) is 12.8 Å². The number of hydrogen-bond donors (Lipinski definition) is 1. The molecule has 0 bridgehead atoms. The Morgan fingerprint density at radius 3 is 2.82 bits per heavy atom. The Hall–Kier alpha value is -1.82. The molecule has 2 amide bonds. The van der Waals surface area contributed by atoms with Gasteiger partial charge in [-0.15, -0.1) is 0 Å². The standard InChI is InChI=1S/C16H22N2O4/c1-11-12(3-8-22-11)15(20)18-6-4-16(5-7-18)10-17-14(19)13(16)9-21-2/h3,8,13H,4-7,9-10H2,1-2H3,(H,17,19)/t13-/m1/s1. The van der Waals surface area contributed by atoms with Gasteiger partial charge >= 0.3 is 0 Å². The molecule has 6 heteroatoms. The molecule has 2 fully saturated rings. The Bertz CT molecular complexity index is 572. The lowest BCUT2D eigenvalue weighted by Crippen LogP contribution is -2.47. The average molecular weight is 306 g/mol. The minimum atomic E-state index is -0.106. The fourth-order valence-electron chi connectivity index (χ4n) is 3.66. The van der Waals surface area contributed by atoms with Gasteiger partial charge in [-0.25, -0.2) is 0 Å². The van der Waals surface area contributed by atoms with Gasteiger partial charge in [-0.1, -0.05) is 0 Å². The van der Waals surface area contributed by atoms with Gasteiger partial charge in [-0.3, -0.25) is 9.59 Å². The summed E-state index contributed by atoms with van der Waals surface area (Å²) in [6.07, 6.45) is 3.19. The molecule has 0 aliphatic carbocycles. The van der Waals surface area contributed by atoms with E-state index in [-0.39, 0.29) is 23.1 Å². The Morgan fingerprint density at radius 1 is 1.50 bits per heavy atom. The van der Waals surface area contributed by atoms with Crippen molar-refractivity contribution in [2.45, 2.75) is 19.8 Å². The SMILES string of the molecule is COC[C@@H]1C(=O)NCC12CCN(C(=O)c1ccoc1C)CC2. The lowest BCUT2D eigenvalue weighted by atomic mass is 9.71. The van der Waals surface area contributed by atoms with Crippen LogP contribution in [0.4, 0.5) is 0 Å². The number of methoxy groups -OCH3 is 1. The molecular formula is C16H22N2O4. The summed E-state index contributed by atoms with van der Waals surface area (Å²) < 4.78 is 10.4. The zero-order valence-electron chi connectivity index (χ0n) is 13.1. The summed E-state index contributed by atoms with van der Waals surface area (Å²) in [6, 6.07) is 1.72. The molecule has 0 radical (unpaired) electrons. The largest absolute Gasteiger partial charge is 0.469 e. The lowest BCUT2D eigenvalue weighted by molar-refractivity contribution is -0.126. The molecule has 1 N–H and O–H groups in total. The Kier molecular flexibility index (Phi) is 3.95. The highest BCUT2D eigenvalue weighted by molar-refractivity contribution is 5.95. The molecule has 2 aliphatic heterocycles. The molecule has 2 aliphatic rings. The van der Waals surface area contributed by atoms with Gasteiger partial charge < -0.3 is 19.4 Å². The van der Waals surface area contributed by atoms with Gasteiger partial charge in [-0.2, -0.15) is 0 Å². The normalized spacial score (nSPS) is 23.8. The number of rotatable bonds is 3. The monoisotopic (exact) mass is 306 g/mol. The van der Waals surface area contributed by atoms with Crippen LogP contribution in [0.25, 0.3) is 0 Å². The maximum atomic E-state index is 12.5. The quantitative estimate of drug-likeness (QED) is 0.911. The summed E-state index contributed by atoms with van der Waals surface area (Å²) >= 11 is 0. The number of carbonyl (C=O) groups excluding carboxylic acids is 2. The van der Waals surface area contributed by atoms with E-state index >= 15 is 0 Å². The number of amides is 2.